The Bertz CT molecular complexity index is 366. The van der Waals surface area contributed by atoms with Crippen LogP contribution in [0.15, 0.2) is 24.3 Å². The predicted octanol–water partition coefficient (Wildman–Crippen LogP) is 2.04. The Labute approximate surface area is 100 Å². The van der Waals surface area contributed by atoms with Gasteiger partial charge < -0.3 is 14.6 Å². The van der Waals surface area contributed by atoms with E-state index in [2.05, 4.69) is 0 Å². The third kappa shape index (κ3) is 3.46. The van der Waals surface area contributed by atoms with Gasteiger partial charge in [-0.2, -0.15) is 0 Å². The van der Waals surface area contributed by atoms with Crippen molar-refractivity contribution in [3.8, 4) is 5.75 Å². The van der Waals surface area contributed by atoms with Gasteiger partial charge in [-0.1, -0.05) is 12.1 Å². The Balaban J connectivity index is 1.86. The lowest BCUT2D eigenvalue weighted by Crippen LogP contribution is -2.05. The highest BCUT2D eigenvalue weighted by Gasteiger charge is 2.17. The normalized spacial score (nSPS) is 19.2. The van der Waals surface area contributed by atoms with Gasteiger partial charge >= 0.3 is 5.97 Å². The average Bonchev–Trinajstić information content (AvgIpc) is 2.83. The van der Waals surface area contributed by atoms with Crippen LogP contribution < -0.4 is 4.74 Å². The second-order valence-electron chi connectivity index (χ2n) is 4.12. The first-order valence-electron chi connectivity index (χ1n) is 5.78. The van der Waals surface area contributed by atoms with Crippen LogP contribution in [0.1, 0.15) is 24.3 Å². The topological polar surface area (TPSA) is 55.8 Å². The lowest BCUT2D eigenvalue weighted by Gasteiger charge is -2.09. The first-order chi connectivity index (χ1) is 8.25. The van der Waals surface area contributed by atoms with E-state index in [0.717, 1.165) is 19.6 Å². The summed E-state index contributed by atoms with van der Waals surface area (Å²) in [4.78, 5) is 10.3. The van der Waals surface area contributed by atoms with Gasteiger partial charge in [-0.05, 0) is 24.1 Å². The minimum absolute atomic E-state index is 0.0260. The zero-order chi connectivity index (χ0) is 12.1. The number of carboxylic acid groups (broad SMARTS) is 1. The number of benzene rings is 1. The molecule has 1 heterocycles. The van der Waals surface area contributed by atoms with Gasteiger partial charge in [-0.15, -0.1) is 0 Å². The van der Waals surface area contributed by atoms with Crippen LogP contribution >= 0.6 is 0 Å². The highest BCUT2D eigenvalue weighted by Crippen LogP contribution is 2.26. The maximum absolute atomic E-state index is 10.3. The van der Waals surface area contributed by atoms with Crippen molar-refractivity contribution in [1.29, 1.82) is 0 Å². The van der Waals surface area contributed by atoms with E-state index in [9.17, 15) is 4.79 Å². The van der Waals surface area contributed by atoms with E-state index in [4.69, 9.17) is 14.6 Å². The first-order valence-corrected chi connectivity index (χ1v) is 5.78. The average molecular weight is 236 g/mol. The fraction of sp³-hybridized carbons (Fsp3) is 0.462. The number of hydrogen-bond donors (Lipinski definition) is 1. The number of carboxylic acids is 1. The van der Waals surface area contributed by atoms with Crippen LogP contribution in [0.2, 0.25) is 0 Å². The molecule has 1 aromatic carbocycles. The van der Waals surface area contributed by atoms with Gasteiger partial charge in [0.1, 0.15) is 5.75 Å². The molecule has 2 rings (SSSR count). The largest absolute Gasteiger partial charge is 0.493 e. The Morgan fingerprint density at radius 3 is 2.76 bits per heavy atom. The minimum Gasteiger partial charge on any atom is -0.493 e. The highest BCUT2D eigenvalue weighted by molar-refractivity contribution is 5.66. The lowest BCUT2D eigenvalue weighted by molar-refractivity contribution is -0.137. The molecule has 0 aromatic heterocycles. The van der Waals surface area contributed by atoms with Crippen molar-refractivity contribution in [1.82, 2.24) is 0 Å². The molecule has 0 amide bonds. The second-order valence-corrected chi connectivity index (χ2v) is 4.12. The van der Waals surface area contributed by atoms with Crippen molar-refractivity contribution in [2.45, 2.75) is 18.8 Å². The molecule has 0 bridgehead atoms. The maximum Gasteiger partial charge on any atom is 0.306 e. The molecule has 1 N–H and O–H groups in total. The zero-order valence-corrected chi connectivity index (χ0v) is 9.59. The van der Waals surface area contributed by atoms with E-state index in [1.165, 1.54) is 5.56 Å². The van der Waals surface area contributed by atoms with Gasteiger partial charge in [0.2, 0.25) is 0 Å². The fourth-order valence-electron chi connectivity index (χ4n) is 1.89. The van der Waals surface area contributed by atoms with Crippen molar-refractivity contribution < 1.29 is 19.4 Å². The van der Waals surface area contributed by atoms with E-state index in [1.807, 2.05) is 24.3 Å². The predicted molar refractivity (Wildman–Crippen MR) is 62.4 cm³/mol. The summed E-state index contributed by atoms with van der Waals surface area (Å²) >= 11 is 0. The summed E-state index contributed by atoms with van der Waals surface area (Å²) in [6.45, 7) is 1.84. The molecule has 1 atom stereocenters. The second kappa shape index (κ2) is 5.68. The Hall–Kier alpha value is -1.55. The molecule has 92 valence electrons. The van der Waals surface area contributed by atoms with Gasteiger partial charge in [0.25, 0.3) is 0 Å². The number of carbonyl (C=O) groups is 1. The lowest BCUT2D eigenvalue weighted by atomic mass is 9.99. The van der Waals surface area contributed by atoms with E-state index in [0.29, 0.717) is 11.7 Å². The molecule has 1 fully saturated rings. The van der Waals surface area contributed by atoms with Crippen molar-refractivity contribution >= 4 is 5.97 Å². The smallest absolute Gasteiger partial charge is 0.306 e. The Morgan fingerprint density at radius 1 is 1.41 bits per heavy atom. The number of aliphatic carboxylic acids is 1. The zero-order valence-electron chi connectivity index (χ0n) is 9.59. The molecule has 0 spiro atoms. The van der Waals surface area contributed by atoms with E-state index in [1.54, 1.807) is 0 Å². The molecule has 1 aliphatic rings. The van der Waals surface area contributed by atoms with Crippen molar-refractivity contribution in [3.05, 3.63) is 29.8 Å². The first kappa shape index (κ1) is 11.9. The molecule has 1 aliphatic heterocycles. The molecule has 17 heavy (non-hydrogen) atoms. The van der Waals surface area contributed by atoms with Crippen LogP contribution in [-0.4, -0.2) is 30.9 Å². The number of rotatable bonds is 5. The van der Waals surface area contributed by atoms with E-state index < -0.39 is 5.97 Å². The van der Waals surface area contributed by atoms with Crippen LogP contribution in [0.4, 0.5) is 0 Å². The standard InChI is InChI=1S/C13H16O4/c14-13(15)6-8-17-12-3-1-10(2-4-12)11-5-7-16-9-11/h1-4,11H,5-9H2,(H,14,15). The van der Waals surface area contributed by atoms with E-state index in [-0.39, 0.29) is 13.0 Å². The quantitative estimate of drug-likeness (QED) is 0.850. The monoisotopic (exact) mass is 236 g/mol. The van der Waals surface area contributed by atoms with Crippen LogP contribution in [0.5, 0.6) is 5.75 Å². The molecular weight excluding hydrogens is 220 g/mol. The molecule has 0 saturated carbocycles. The van der Waals surface area contributed by atoms with Gasteiger partial charge in [-0.3, -0.25) is 4.79 Å². The van der Waals surface area contributed by atoms with Crippen molar-refractivity contribution in [3.63, 3.8) is 0 Å². The van der Waals surface area contributed by atoms with Crippen molar-refractivity contribution in [2.24, 2.45) is 0 Å². The molecule has 4 nitrogen and oxygen atoms in total. The number of ether oxygens (including phenoxy) is 2. The third-order valence-corrected chi connectivity index (χ3v) is 2.87. The molecule has 1 unspecified atom stereocenters. The van der Waals surface area contributed by atoms with Gasteiger partial charge in [0.05, 0.1) is 19.6 Å². The SMILES string of the molecule is O=C(O)CCOc1ccc(C2CCOC2)cc1. The van der Waals surface area contributed by atoms with Gasteiger partial charge in [-0.25, -0.2) is 0 Å². The van der Waals surface area contributed by atoms with Crippen LogP contribution in [0, 0.1) is 0 Å². The molecule has 0 radical (unpaired) electrons. The molecule has 4 heteroatoms. The van der Waals surface area contributed by atoms with Crippen molar-refractivity contribution in [2.75, 3.05) is 19.8 Å². The summed E-state index contributed by atoms with van der Waals surface area (Å²) < 4.78 is 10.7. The summed E-state index contributed by atoms with van der Waals surface area (Å²) in [6.07, 6.45) is 1.09. The number of hydrogen-bond acceptors (Lipinski definition) is 3. The Kier molecular flexibility index (Phi) is 3.98. The molecule has 1 aromatic rings. The summed E-state index contributed by atoms with van der Waals surface area (Å²) in [7, 11) is 0. The molecule has 0 aliphatic carbocycles. The van der Waals surface area contributed by atoms with E-state index >= 15 is 0 Å². The van der Waals surface area contributed by atoms with Crippen LogP contribution in [-0.2, 0) is 9.53 Å². The fourth-order valence-corrected chi connectivity index (χ4v) is 1.89. The van der Waals surface area contributed by atoms with Gasteiger partial charge in [0.15, 0.2) is 0 Å². The molecule has 1 saturated heterocycles. The van der Waals surface area contributed by atoms with Gasteiger partial charge in [0, 0.05) is 12.5 Å². The minimum atomic E-state index is -0.843. The summed E-state index contributed by atoms with van der Waals surface area (Å²) in [6, 6.07) is 7.82. The third-order valence-electron chi connectivity index (χ3n) is 2.87. The van der Waals surface area contributed by atoms with Crippen LogP contribution in [0.25, 0.3) is 0 Å². The molecular formula is C13H16O4. The summed E-state index contributed by atoms with van der Waals surface area (Å²) in [5.41, 5.74) is 1.26. The Morgan fingerprint density at radius 2 is 2.18 bits per heavy atom. The summed E-state index contributed by atoms with van der Waals surface area (Å²) in [5, 5.41) is 8.49. The van der Waals surface area contributed by atoms with Crippen LogP contribution in [0.3, 0.4) is 0 Å². The highest BCUT2D eigenvalue weighted by atomic mass is 16.5. The maximum atomic E-state index is 10.3. The summed E-state index contributed by atoms with van der Waals surface area (Å²) in [5.74, 6) is 0.363.